The zero-order chi connectivity index (χ0) is 21.4. The number of fused-ring (bicyclic) bond motifs is 1. The number of benzene rings is 2. The van der Waals surface area contributed by atoms with Crippen LogP contribution < -0.4 is 24.0 Å². The van der Waals surface area contributed by atoms with Gasteiger partial charge in [-0.1, -0.05) is 41.7 Å². The summed E-state index contributed by atoms with van der Waals surface area (Å²) in [4.78, 5) is 28.3. The van der Waals surface area contributed by atoms with Crippen molar-refractivity contribution >= 4 is 28.7 Å². The van der Waals surface area contributed by atoms with E-state index < -0.39 is 0 Å². The van der Waals surface area contributed by atoms with Gasteiger partial charge < -0.3 is 14.2 Å². The molecule has 0 aliphatic carbocycles. The molecule has 1 amide bonds. The fourth-order valence-corrected chi connectivity index (χ4v) is 4.93. The Morgan fingerprint density at radius 1 is 0.967 bits per heavy atom. The molecule has 30 heavy (non-hydrogen) atoms. The Morgan fingerprint density at radius 2 is 1.60 bits per heavy atom. The van der Waals surface area contributed by atoms with Crippen LogP contribution in [0, 0.1) is 0 Å². The molecule has 2 aromatic carbocycles. The Labute approximate surface area is 178 Å². The molecule has 3 aromatic rings. The maximum Gasteiger partial charge on any atom is 0.308 e. The van der Waals surface area contributed by atoms with E-state index >= 15 is 0 Å². The monoisotopic (exact) mass is 426 g/mol. The zero-order valence-corrected chi connectivity index (χ0v) is 18.0. The minimum Gasteiger partial charge on any atom is -0.493 e. The van der Waals surface area contributed by atoms with Gasteiger partial charge in [0.25, 0.3) is 0 Å². The summed E-state index contributed by atoms with van der Waals surface area (Å²) in [6, 6.07) is 13.2. The molecule has 0 saturated carbocycles. The highest BCUT2D eigenvalue weighted by atomic mass is 32.1. The molecular formula is C22H22N2O5S. The lowest BCUT2D eigenvalue weighted by Crippen LogP contribution is -2.34. The highest BCUT2D eigenvalue weighted by molar-refractivity contribution is 7.10. The zero-order valence-electron chi connectivity index (χ0n) is 17.2. The molecule has 0 unspecified atom stereocenters. The van der Waals surface area contributed by atoms with Crippen LogP contribution in [0.25, 0.3) is 0 Å². The van der Waals surface area contributed by atoms with Crippen molar-refractivity contribution in [2.75, 3.05) is 26.2 Å². The van der Waals surface area contributed by atoms with Crippen molar-refractivity contribution in [2.45, 2.75) is 12.3 Å². The number of ether oxygens (including phenoxy) is 3. The lowest BCUT2D eigenvalue weighted by Gasteiger charge is -2.32. The number of aromatic nitrogens is 1. The normalized spacial score (nSPS) is 15.7. The summed E-state index contributed by atoms with van der Waals surface area (Å²) in [6.07, 6.45) is 0.258. The molecule has 0 N–H and O–H groups in total. The van der Waals surface area contributed by atoms with Crippen LogP contribution in [0.15, 0.2) is 47.3 Å². The minimum absolute atomic E-state index is 0.112. The van der Waals surface area contributed by atoms with Gasteiger partial charge in [0.2, 0.25) is 11.7 Å². The van der Waals surface area contributed by atoms with Crippen molar-refractivity contribution in [3.63, 3.8) is 0 Å². The van der Waals surface area contributed by atoms with E-state index in [1.54, 1.807) is 24.1 Å². The van der Waals surface area contributed by atoms with E-state index in [0.717, 1.165) is 10.4 Å². The van der Waals surface area contributed by atoms with Crippen LogP contribution >= 0.6 is 11.3 Å². The van der Waals surface area contributed by atoms with Gasteiger partial charge in [0, 0.05) is 31.5 Å². The molecule has 1 atom stereocenters. The van der Waals surface area contributed by atoms with Gasteiger partial charge in [-0.05, 0) is 5.56 Å². The third-order valence-electron chi connectivity index (χ3n) is 5.28. The molecule has 0 fully saturated rings. The van der Waals surface area contributed by atoms with Crippen molar-refractivity contribution < 1.29 is 19.0 Å². The molecule has 2 heterocycles. The maximum atomic E-state index is 13.4. The Balaban J connectivity index is 1.92. The van der Waals surface area contributed by atoms with Gasteiger partial charge in [-0.15, -0.1) is 0 Å². The first-order chi connectivity index (χ1) is 14.5. The van der Waals surface area contributed by atoms with E-state index in [9.17, 15) is 9.59 Å². The van der Waals surface area contributed by atoms with Gasteiger partial charge in [-0.25, -0.2) is 0 Å². The van der Waals surface area contributed by atoms with Gasteiger partial charge in [0.05, 0.1) is 31.9 Å². The first kappa shape index (κ1) is 20.0. The molecule has 4 rings (SSSR count). The standard InChI is InChI=1S/C22H22N2O5S/c1-23-21-20(30-22(23)26)15(13-8-6-5-7-9-13)12-18(25)24(21)14-10-16(27-2)19(29-4)17(11-14)28-3/h5-11,15H,12H2,1-4H3/t15-/m0/s1. The number of thiazole rings is 1. The molecule has 1 aliphatic rings. The molecule has 8 heteroatoms. The van der Waals surface area contributed by atoms with Crippen molar-refractivity contribution in [3.8, 4) is 17.2 Å². The third-order valence-corrected chi connectivity index (χ3v) is 6.41. The number of nitrogens with zero attached hydrogens (tertiary/aromatic N) is 2. The van der Waals surface area contributed by atoms with E-state index in [1.807, 2.05) is 30.3 Å². The van der Waals surface area contributed by atoms with Gasteiger partial charge in [0.1, 0.15) is 5.82 Å². The van der Waals surface area contributed by atoms with Crippen LogP contribution in [-0.2, 0) is 11.8 Å². The van der Waals surface area contributed by atoms with Gasteiger partial charge in [-0.3, -0.25) is 19.1 Å². The lowest BCUT2D eigenvalue weighted by molar-refractivity contribution is -0.118. The van der Waals surface area contributed by atoms with Crippen LogP contribution in [0.2, 0.25) is 0 Å². The second-order valence-corrected chi connectivity index (χ2v) is 7.89. The molecular weight excluding hydrogens is 404 g/mol. The average molecular weight is 426 g/mol. The van der Waals surface area contributed by atoms with E-state index in [0.29, 0.717) is 28.8 Å². The summed E-state index contributed by atoms with van der Waals surface area (Å²) in [5.41, 5.74) is 1.56. The fraction of sp³-hybridized carbons (Fsp3) is 0.273. The average Bonchev–Trinajstić information content (AvgIpc) is 3.07. The van der Waals surface area contributed by atoms with Crippen LogP contribution in [0.4, 0.5) is 11.5 Å². The van der Waals surface area contributed by atoms with Crippen LogP contribution in [0.1, 0.15) is 22.8 Å². The van der Waals surface area contributed by atoms with Crippen molar-refractivity contribution in [1.29, 1.82) is 0 Å². The van der Waals surface area contributed by atoms with Gasteiger partial charge >= 0.3 is 4.87 Å². The highest BCUT2D eigenvalue weighted by Gasteiger charge is 2.38. The molecule has 7 nitrogen and oxygen atoms in total. The summed E-state index contributed by atoms with van der Waals surface area (Å²) in [5.74, 6) is 1.61. The molecule has 0 radical (unpaired) electrons. The molecule has 0 bridgehead atoms. The fourth-order valence-electron chi connectivity index (χ4n) is 3.84. The van der Waals surface area contributed by atoms with E-state index in [1.165, 1.54) is 37.2 Å². The topological polar surface area (TPSA) is 70.0 Å². The number of hydrogen-bond acceptors (Lipinski definition) is 6. The quantitative estimate of drug-likeness (QED) is 0.623. The van der Waals surface area contributed by atoms with Crippen molar-refractivity contribution in [2.24, 2.45) is 7.05 Å². The van der Waals surface area contributed by atoms with Gasteiger partial charge in [-0.2, -0.15) is 0 Å². The van der Waals surface area contributed by atoms with Crippen molar-refractivity contribution in [3.05, 3.63) is 62.6 Å². The smallest absolute Gasteiger partial charge is 0.308 e. The van der Waals surface area contributed by atoms with E-state index in [4.69, 9.17) is 14.2 Å². The van der Waals surface area contributed by atoms with Gasteiger partial charge in [0.15, 0.2) is 11.5 Å². The van der Waals surface area contributed by atoms with E-state index in [2.05, 4.69) is 0 Å². The summed E-state index contributed by atoms with van der Waals surface area (Å²) < 4.78 is 17.8. The number of rotatable bonds is 5. The number of anilines is 2. The highest BCUT2D eigenvalue weighted by Crippen LogP contribution is 2.48. The predicted molar refractivity (Wildman–Crippen MR) is 116 cm³/mol. The molecule has 1 aliphatic heterocycles. The summed E-state index contributed by atoms with van der Waals surface area (Å²) in [7, 11) is 6.26. The summed E-state index contributed by atoms with van der Waals surface area (Å²) in [6.45, 7) is 0. The number of methoxy groups -OCH3 is 3. The number of amides is 1. The Hall–Kier alpha value is -3.26. The Kier molecular flexibility index (Phi) is 5.26. The largest absolute Gasteiger partial charge is 0.493 e. The van der Waals surface area contributed by atoms with E-state index in [-0.39, 0.29) is 23.1 Å². The second-order valence-electron chi connectivity index (χ2n) is 6.89. The van der Waals surface area contributed by atoms with Crippen LogP contribution in [0.5, 0.6) is 17.2 Å². The molecule has 0 saturated heterocycles. The molecule has 1 aromatic heterocycles. The lowest BCUT2D eigenvalue weighted by atomic mass is 9.90. The van der Waals surface area contributed by atoms with Crippen LogP contribution in [0.3, 0.4) is 0 Å². The number of hydrogen-bond donors (Lipinski definition) is 0. The first-order valence-electron chi connectivity index (χ1n) is 9.37. The number of carbonyl (C=O) groups is 1. The van der Waals surface area contributed by atoms with Crippen molar-refractivity contribution in [1.82, 2.24) is 4.57 Å². The Morgan fingerprint density at radius 3 is 2.17 bits per heavy atom. The SMILES string of the molecule is COc1cc(N2C(=O)C[C@@H](c3ccccc3)c3sc(=O)n(C)c32)cc(OC)c1OC. The maximum absolute atomic E-state index is 13.4. The predicted octanol–water partition coefficient (Wildman–Crippen LogP) is 3.67. The second kappa shape index (κ2) is 7.87. The molecule has 156 valence electrons. The Bertz CT molecular complexity index is 1130. The summed E-state index contributed by atoms with van der Waals surface area (Å²) in [5, 5.41) is 0. The third kappa shape index (κ3) is 3.13. The minimum atomic E-state index is -0.161. The molecule has 0 spiro atoms. The first-order valence-corrected chi connectivity index (χ1v) is 10.2. The van der Waals surface area contributed by atoms with Crippen LogP contribution in [-0.4, -0.2) is 31.8 Å². The summed E-state index contributed by atoms with van der Waals surface area (Å²) >= 11 is 1.17. The number of carbonyl (C=O) groups excluding carboxylic acids is 1.